The van der Waals surface area contributed by atoms with Crippen LogP contribution in [0.25, 0.3) is 0 Å². The first kappa shape index (κ1) is 10.5. The van der Waals surface area contributed by atoms with Crippen LogP contribution in [0.2, 0.25) is 0 Å². The number of ether oxygens (including phenoxy) is 1. The maximum atomic E-state index is 11.7. The molecule has 4 nitrogen and oxygen atoms in total. The van der Waals surface area contributed by atoms with Gasteiger partial charge in [0.05, 0.1) is 12.5 Å². The molecule has 2 saturated carbocycles. The number of aliphatic carboxylic acids is 1. The van der Waals surface area contributed by atoms with Gasteiger partial charge in [0.25, 0.3) is 0 Å². The van der Waals surface area contributed by atoms with Crippen LogP contribution in [-0.2, 0) is 14.3 Å². The van der Waals surface area contributed by atoms with Crippen LogP contribution >= 0.6 is 0 Å². The van der Waals surface area contributed by atoms with Crippen LogP contribution in [0.15, 0.2) is 0 Å². The fourth-order valence-electron chi connectivity index (χ4n) is 3.26. The second-order valence-electron chi connectivity index (χ2n) is 4.87. The SMILES string of the molecule is COC(=O)C12CCCC(C(=O)[O-])(CC1)C2. The lowest BCUT2D eigenvalue weighted by atomic mass is 9.69. The van der Waals surface area contributed by atoms with Crippen molar-refractivity contribution in [1.29, 1.82) is 0 Å². The second kappa shape index (κ2) is 3.22. The number of esters is 1. The summed E-state index contributed by atoms with van der Waals surface area (Å²) in [6.07, 6.45) is 3.79. The number of carboxylic acids is 1. The van der Waals surface area contributed by atoms with Crippen molar-refractivity contribution in [2.24, 2.45) is 10.8 Å². The molecule has 0 N–H and O–H groups in total. The van der Waals surface area contributed by atoms with E-state index in [1.165, 1.54) is 7.11 Å². The largest absolute Gasteiger partial charge is 0.550 e. The predicted octanol–water partition coefficient (Wildman–Crippen LogP) is 0.250. The number of methoxy groups -OCH3 is 1. The first-order valence-corrected chi connectivity index (χ1v) is 5.35. The summed E-state index contributed by atoms with van der Waals surface area (Å²) in [4.78, 5) is 22.8. The number of fused-ring (bicyclic) bond motifs is 2. The molecule has 2 aliphatic carbocycles. The van der Waals surface area contributed by atoms with Crippen molar-refractivity contribution in [2.75, 3.05) is 7.11 Å². The van der Waals surface area contributed by atoms with Crippen LogP contribution in [0.4, 0.5) is 0 Å². The Morgan fingerprint density at radius 2 is 1.73 bits per heavy atom. The minimum Gasteiger partial charge on any atom is -0.550 e. The highest BCUT2D eigenvalue weighted by atomic mass is 16.5. The third kappa shape index (κ3) is 1.34. The minimum atomic E-state index is -0.993. The molecule has 0 aliphatic heterocycles. The Kier molecular flexibility index (Phi) is 2.24. The van der Waals surface area contributed by atoms with Gasteiger partial charge in [-0.3, -0.25) is 4.79 Å². The van der Waals surface area contributed by atoms with E-state index < -0.39 is 16.8 Å². The number of carboxylic acid groups (broad SMARTS) is 1. The molecule has 2 atom stereocenters. The van der Waals surface area contributed by atoms with E-state index in [9.17, 15) is 14.7 Å². The molecule has 2 unspecified atom stereocenters. The van der Waals surface area contributed by atoms with Gasteiger partial charge >= 0.3 is 5.97 Å². The van der Waals surface area contributed by atoms with E-state index in [4.69, 9.17) is 4.74 Å². The quantitative estimate of drug-likeness (QED) is 0.614. The topological polar surface area (TPSA) is 66.4 Å². The maximum Gasteiger partial charge on any atom is 0.311 e. The molecule has 2 rings (SSSR count). The molecule has 0 amide bonds. The lowest BCUT2D eigenvalue weighted by molar-refractivity contribution is -0.320. The summed E-state index contributed by atoms with van der Waals surface area (Å²) >= 11 is 0. The van der Waals surface area contributed by atoms with Gasteiger partial charge in [0, 0.05) is 11.4 Å². The first-order valence-electron chi connectivity index (χ1n) is 5.35. The summed E-state index contributed by atoms with van der Waals surface area (Å²) in [6, 6.07) is 0. The van der Waals surface area contributed by atoms with Crippen molar-refractivity contribution < 1.29 is 19.4 Å². The van der Waals surface area contributed by atoms with Crippen LogP contribution in [0.3, 0.4) is 0 Å². The molecule has 0 aromatic rings. The highest BCUT2D eigenvalue weighted by Gasteiger charge is 2.56. The highest BCUT2D eigenvalue weighted by molar-refractivity contribution is 5.81. The van der Waals surface area contributed by atoms with Gasteiger partial charge in [-0.15, -0.1) is 0 Å². The van der Waals surface area contributed by atoms with Gasteiger partial charge in [0.2, 0.25) is 0 Å². The van der Waals surface area contributed by atoms with Crippen molar-refractivity contribution in [3.05, 3.63) is 0 Å². The Labute approximate surface area is 88.6 Å². The average molecular weight is 211 g/mol. The zero-order valence-corrected chi connectivity index (χ0v) is 8.88. The van der Waals surface area contributed by atoms with Crippen molar-refractivity contribution >= 4 is 11.9 Å². The lowest BCUT2D eigenvalue weighted by Crippen LogP contribution is -2.45. The molecule has 2 fully saturated rings. The molecule has 0 radical (unpaired) electrons. The zero-order valence-electron chi connectivity index (χ0n) is 8.88. The molecule has 2 aliphatic rings. The molecule has 0 saturated heterocycles. The summed E-state index contributed by atoms with van der Waals surface area (Å²) in [7, 11) is 1.37. The number of hydrogen-bond donors (Lipinski definition) is 0. The number of rotatable bonds is 2. The van der Waals surface area contributed by atoms with E-state index in [0.29, 0.717) is 25.7 Å². The first-order chi connectivity index (χ1) is 7.05. The predicted molar refractivity (Wildman–Crippen MR) is 49.6 cm³/mol. The molecule has 0 aromatic carbocycles. The third-order valence-electron chi connectivity index (χ3n) is 4.12. The van der Waals surface area contributed by atoms with E-state index in [2.05, 4.69) is 0 Å². The zero-order chi connectivity index (χ0) is 11.1. The summed E-state index contributed by atoms with van der Waals surface area (Å²) in [5.41, 5.74) is -1.29. The summed E-state index contributed by atoms with van der Waals surface area (Å²) in [6.45, 7) is 0. The van der Waals surface area contributed by atoms with E-state index in [1.807, 2.05) is 0 Å². The van der Waals surface area contributed by atoms with Crippen molar-refractivity contribution in [2.45, 2.75) is 38.5 Å². The molecular weight excluding hydrogens is 196 g/mol. The fourth-order valence-corrected chi connectivity index (χ4v) is 3.26. The Morgan fingerprint density at radius 3 is 2.33 bits per heavy atom. The van der Waals surface area contributed by atoms with Crippen molar-refractivity contribution in [3.63, 3.8) is 0 Å². The molecule has 0 heterocycles. The lowest BCUT2D eigenvalue weighted by Gasteiger charge is -2.38. The van der Waals surface area contributed by atoms with Crippen molar-refractivity contribution in [3.8, 4) is 0 Å². The van der Waals surface area contributed by atoms with Crippen LogP contribution in [0.1, 0.15) is 38.5 Å². The van der Waals surface area contributed by atoms with Crippen LogP contribution in [0, 0.1) is 10.8 Å². The average Bonchev–Trinajstić information content (AvgIpc) is 2.52. The van der Waals surface area contributed by atoms with E-state index in [1.54, 1.807) is 0 Å². The summed E-state index contributed by atoms with van der Waals surface area (Å²) < 4.78 is 4.78. The van der Waals surface area contributed by atoms with Crippen molar-refractivity contribution in [1.82, 2.24) is 0 Å². The van der Waals surface area contributed by atoms with Crippen LogP contribution in [0.5, 0.6) is 0 Å². The number of carbonyl (C=O) groups is 2. The number of hydrogen-bond acceptors (Lipinski definition) is 4. The minimum absolute atomic E-state index is 0.245. The van der Waals surface area contributed by atoms with Gasteiger partial charge in [-0.25, -0.2) is 0 Å². The van der Waals surface area contributed by atoms with Gasteiger partial charge < -0.3 is 14.6 Å². The van der Waals surface area contributed by atoms with Gasteiger partial charge in [-0.05, 0) is 32.1 Å². The second-order valence-corrected chi connectivity index (χ2v) is 4.87. The molecule has 0 aromatic heterocycles. The molecule has 2 bridgehead atoms. The van der Waals surface area contributed by atoms with Crippen LogP contribution < -0.4 is 5.11 Å². The monoisotopic (exact) mass is 211 g/mol. The standard InChI is InChI=1S/C11H16O4/c1-15-9(14)11-4-2-3-10(7-11,5-6-11)8(12)13/h2-7H2,1H3,(H,12,13)/p-1. The maximum absolute atomic E-state index is 11.7. The molecule has 15 heavy (non-hydrogen) atoms. The van der Waals surface area contributed by atoms with Gasteiger partial charge in [0.15, 0.2) is 0 Å². The Hall–Kier alpha value is -1.06. The molecule has 4 heteroatoms. The molecular formula is C11H15O4-. The van der Waals surface area contributed by atoms with E-state index in [0.717, 1.165) is 12.8 Å². The number of carbonyl (C=O) groups excluding carboxylic acids is 2. The van der Waals surface area contributed by atoms with E-state index in [-0.39, 0.29) is 5.97 Å². The summed E-state index contributed by atoms with van der Waals surface area (Å²) in [5, 5.41) is 11.1. The van der Waals surface area contributed by atoms with Gasteiger partial charge in [-0.1, -0.05) is 6.42 Å². The Balaban J connectivity index is 2.27. The molecule has 0 spiro atoms. The van der Waals surface area contributed by atoms with Crippen LogP contribution in [-0.4, -0.2) is 19.0 Å². The smallest absolute Gasteiger partial charge is 0.311 e. The van der Waals surface area contributed by atoms with Gasteiger partial charge in [-0.2, -0.15) is 0 Å². The van der Waals surface area contributed by atoms with Gasteiger partial charge in [0.1, 0.15) is 0 Å². The fraction of sp³-hybridized carbons (Fsp3) is 0.818. The Morgan fingerprint density at radius 1 is 1.13 bits per heavy atom. The Bertz CT molecular complexity index is 312. The highest BCUT2D eigenvalue weighted by Crippen LogP contribution is 2.58. The van der Waals surface area contributed by atoms with E-state index >= 15 is 0 Å². The third-order valence-corrected chi connectivity index (χ3v) is 4.12. The summed E-state index contributed by atoms with van der Waals surface area (Å²) in [5.74, 6) is -1.24. The molecule has 84 valence electrons. The normalized spacial score (nSPS) is 38.7.